The van der Waals surface area contributed by atoms with Gasteiger partial charge in [-0.2, -0.15) is 4.39 Å². The maximum atomic E-state index is 12.7. The molecule has 1 fully saturated rings. The first kappa shape index (κ1) is 9.36. The minimum atomic E-state index is -0.469. The number of aromatic nitrogens is 1. The summed E-state index contributed by atoms with van der Waals surface area (Å²) in [5.41, 5.74) is 3.82. The summed E-state index contributed by atoms with van der Waals surface area (Å²) in [4.78, 5) is 3.48. The van der Waals surface area contributed by atoms with E-state index in [2.05, 4.69) is 10.4 Å². The number of anilines is 1. The fourth-order valence-corrected chi connectivity index (χ4v) is 1.33. The van der Waals surface area contributed by atoms with Crippen LogP contribution in [0.5, 0.6) is 0 Å². The predicted octanol–water partition coefficient (Wildman–Crippen LogP) is 0.880. The standard InChI is InChI=1S/C9H12FN3O/c10-9-7-8(1-2-11-9)12-13-3-5-14-6-4-13/h1-2,7H,3-6H2,(H,11,12). The molecule has 0 atom stereocenters. The first-order valence-corrected chi connectivity index (χ1v) is 4.55. The zero-order chi connectivity index (χ0) is 9.80. The molecule has 0 saturated carbocycles. The topological polar surface area (TPSA) is 37.4 Å². The molecule has 76 valence electrons. The molecule has 0 unspecified atom stereocenters. The summed E-state index contributed by atoms with van der Waals surface area (Å²) in [6.07, 6.45) is 1.44. The van der Waals surface area contributed by atoms with Crippen molar-refractivity contribution in [3.05, 3.63) is 24.3 Å². The van der Waals surface area contributed by atoms with E-state index in [1.165, 1.54) is 12.3 Å². The lowest BCUT2D eigenvalue weighted by molar-refractivity contribution is 0.0497. The summed E-state index contributed by atoms with van der Waals surface area (Å²) < 4.78 is 17.9. The third-order valence-electron chi connectivity index (χ3n) is 2.02. The van der Waals surface area contributed by atoms with Crippen LogP contribution in [0.3, 0.4) is 0 Å². The van der Waals surface area contributed by atoms with Gasteiger partial charge in [-0.15, -0.1) is 0 Å². The lowest BCUT2D eigenvalue weighted by atomic mass is 10.4. The van der Waals surface area contributed by atoms with E-state index in [-0.39, 0.29) is 0 Å². The molecular weight excluding hydrogens is 185 g/mol. The van der Waals surface area contributed by atoms with Crippen molar-refractivity contribution in [3.63, 3.8) is 0 Å². The van der Waals surface area contributed by atoms with Gasteiger partial charge in [-0.3, -0.25) is 0 Å². The van der Waals surface area contributed by atoms with E-state index in [1.54, 1.807) is 6.07 Å². The number of morpholine rings is 1. The first-order valence-electron chi connectivity index (χ1n) is 4.55. The molecule has 1 aromatic rings. The van der Waals surface area contributed by atoms with Crippen LogP contribution in [0.25, 0.3) is 0 Å². The van der Waals surface area contributed by atoms with Crippen LogP contribution in [0, 0.1) is 5.95 Å². The molecule has 4 nitrogen and oxygen atoms in total. The molecule has 0 radical (unpaired) electrons. The van der Waals surface area contributed by atoms with Crippen LogP contribution in [-0.4, -0.2) is 36.3 Å². The summed E-state index contributed by atoms with van der Waals surface area (Å²) in [7, 11) is 0. The van der Waals surface area contributed by atoms with Crippen LogP contribution in [0.1, 0.15) is 0 Å². The zero-order valence-corrected chi connectivity index (χ0v) is 7.74. The molecule has 1 aromatic heterocycles. The largest absolute Gasteiger partial charge is 0.379 e. The van der Waals surface area contributed by atoms with Crippen molar-refractivity contribution >= 4 is 5.69 Å². The third-order valence-corrected chi connectivity index (χ3v) is 2.02. The molecule has 0 spiro atoms. The van der Waals surface area contributed by atoms with Gasteiger partial charge in [0.05, 0.1) is 18.9 Å². The maximum Gasteiger partial charge on any atom is 0.214 e. The second kappa shape index (κ2) is 4.34. The Morgan fingerprint density at radius 3 is 2.93 bits per heavy atom. The Morgan fingerprint density at radius 1 is 1.43 bits per heavy atom. The highest BCUT2D eigenvalue weighted by molar-refractivity contribution is 5.40. The number of hydrazine groups is 1. The van der Waals surface area contributed by atoms with Crippen molar-refractivity contribution in [1.29, 1.82) is 0 Å². The normalized spacial score (nSPS) is 18.1. The molecule has 5 heteroatoms. The van der Waals surface area contributed by atoms with Gasteiger partial charge in [0.2, 0.25) is 5.95 Å². The molecular formula is C9H12FN3O. The Hall–Kier alpha value is -1.20. The third kappa shape index (κ3) is 2.40. The van der Waals surface area contributed by atoms with E-state index >= 15 is 0 Å². The number of hydrogen-bond donors (Lipinski definition) is 1. The lowest BCUT2D eigenvalue weighted by Gasteiger charge is -2.27. The Kier molecular flexibility index (Phi) is 2.90. The summed E-state index contributed by atoms with van der Waals surface area (Å²) in [5.74, 6) is -0.469. The van der Waals surface area contributed by atoms with Gasteiger partial charge in [0, 0.05) is 25.4 Å². The van der Waals surface area contributed by atoms with Crippen molar-refractivity contribution in [2.45, 2.75) is 0 Å². The Balaban J connectivity index is 1.95. The first-order chi connectivity index (χ1) is 6.84. The maximum absolute atomic E-state index is 12.7. The highest BCUT2D eigenvalue weighted by atomic mass is 19.1. The fourth-order valence-electron chi connectivity index (χ4n) is 1.33. The molecule has 0 bridgehead atoms. The number of nitrogens with zero attached hydrogens (tertiary/aromatic N) is 2. The van der Waals surface area contributed by atoms with Gasteiger partial charge in [0.1, 0.15) is 0 Å². The molecule has 1 saturated heterocycles. The fraction of sp³-hybridized carbons (Fsp3) is 0.444. The number of hydrogen-bond acceptors (Lipinski definition) is 4. The van der Waals surface area contributed by atoms with Crippen LogP contribution in [0.15, 0.2) is 18.3 Å². The van der Waals surface area contributed by atoms with Crippen molar-refractivity contribution in [2.24, 2.45) is 0 Å². The highest BCUT2D eigenvalue weighted by Crippen LogP contribution is 2.08. The van der Waals surface area contributed by atoms with Gasteiger partial charge in [-0.1, -0.05) is 0 Å². The van der Waals surface area contributed by atoms with E-state index in [1.807, 2.05) is 5.01 Å². The van der Waals surface area contributed by atoms with Gasteiger partial charge >= 0.3 is 0 Å². The predicted molar refractivity (Wildman–Crippen MR) is 50.2 cm³/mol. The van der Waals surface area contributed by atoms with Crippen molar-refractivity contribution in [1.82, 2.24) is 9.99 Å². The molecule has 14 heavy (non-hydrogen) atoms. The Labute approximate surface area is 81.7 Å². The number of nitrogens with one attached hydrogen (secondary N) is 1. The summed E-state index contributed by atoms with van der Waals surface area (Å²) in [6.45, 7) is 3.04. The van der Waals surface area contributed by atoms with Crippen LogP contribution in [-0.2, 0) is 4.74 Å². The molecule has 0 aromatic carbocycles. The summed E-state index contributed by atoms with van der Waals surface area (Å²) in [6, 6.07) is 3.11. The average Bonchev–Trinajstić information content (AvgIpc) is 2.19. The van der Waals surface area contributed by atoms with Crippen LogP contribution >= 0.6 is 0 Å². The van der Waals surface area contributed by atoms with Crippen molar-refractivity contribution in [3.8, 4) is 0 Å². The molecule has 2 heterocycles. The SMILES string of the molecule is Fc1cc(NN2CCOCC2)ccn1. The Bertz CT molecular complexity index is 302. The van der Waals surface area contributed by atoms with Crippen molar-refractivity contribution < 1.29 is 9.13 Å². The molecule has 1 aliphatic heterocycles. The van der Waals surface area contributed by atoms with E-state index in [4.69, 9.17) is 4.74 Å². The van der Waals surface area contributed by atoms with Crippen LogP contribution in [0.2, 0.25) is 0 Å². The molecule has 1 N–H and O–H groups in total. The Morgan fingerprint density at radius 2 is 2.21 bits per heavy atom. The number of rotatable bonds is 2. The highest BCUT2D eigenvalue weighted by Gasteiger charge is 2.09. The van der Waals surface area contributed by atoms with E-state index < -0.39 is 5.95 Å². The van der Waals surface area contributed by atoms with Gasteiger partial charge in [-0.05, 0) is 6.07 Å². The summed E-state index contributed by atoms with van der Waals surface area (Å²) >= 11 is 0. The number of pyridine rings is 1. The minimum Gasteiger partial charge on any atom is -0.379 e. The van der Waals surface area contributed by atoms with Gasteiger partial charge in [-0.25, -0.2) is 9.99 Å². The average molecular weight is 197 g/mol. The second-order valence-electron chi connectivity index (χ2n) is 3.08. The van der Waals surface area contributed by atoms with E-state index in [0.29, 0.717) is 13.2 Å². The van der Waals surface area contributed by atoms with Gasteiger partial charge in [0.25, 0.3) is 0 Å². The molecule has 0 amide bonds. The van der Waals surface area contributed by atoms with Gasteiger partial charge < -0.3 is 10.2 Å². The second-order valence-corrected chi connectivity index (χ2v) is 3.08. The zero-order valence-electron chi connectivity index (χ0n) is 7.74. The van der Waals surface area contributed by atoms with E-state index in [9.17, 15) is 4.39 Å². The minimum absolute atomic E-state index is 0.469. The van der Waals surface area contributed by atoms with Crippen LogP contribution in [0.4, 0.5) is 10.1 Å². The van der Waals surface area contributed by atoms with Crippen molar-refractivity contribution in [2.75, 3.05) is 31.7 Å². The summed E-state index contributed by atoms with van der Waals surface area (Å²) in [5, 5.41) is 2.00. The van der Waals surface area contributed by atoms with Gasteiger partial charge in [0.15, 0.2) is 0 Å². The van der Waals surface area contributed by atoms with Crippen LogP contribution < -0.4 is 5.43 Å². The number of halogens is 1. The smallest absolute Gasteiger partial charge is 0.214 e. The lowest BCUT2D eigenvalue weighted by Crippen LogP contribution is -2.40. The quantitative estimate of drug-likeness (QED) is 0.714. The molecule has 0 aliphatic carbocycles. The monoisotopic (exact) mass is 197 g/mol. The molecule has 1 aliphatic rings. The van der Waals surface area contributed by atoms with E-state index in [0.717, 1.165) is 18.8 Å². The molecule has 2 rings (SSSR count). The number of ether oxygens (including phenoxy) is 1.